The van der Waals surface area contributed by atoms with Gasteiger partial charge in [0, 0.05) is 6.42 Å². The summed E-state index contributed by atoms with van der Waals surface area (Å²) in [5, 5.41) is 13.0. The standard InChI is InChI=1S/C27H52N8O6/c1-16(2)15-21(35-24(38)18(4)31-22(36)12-7-6-9-13-28)27(41)33-19(5)25(39)34-20(11-8-10-14-29)26(40)32-17(3)23(30)37/h16-21H,6-15,28-29H2,1-5H3,(H2,30,37)(H,31,36)(H,32,40)(H,33,41)(H,34,39)(H,35,38)/t17-,18-,19-,20?,21-/m0/s1. The van der Waals surface area contributed by atoms with E-state index >= 15 is 0 Å². The molecule has 6 amide bonds. The van der Waals surface area contributed by atoms with E-state index in [4.69, 9.17) is 17.2 Å². The molecule has 0 spiro atoms. The van der Waals surface area contributed by atoms with Gasteiger partial charge in [0.05, 0.1) is 0 Å². The lowest BCUT2D eigenvalue weighted by Crippen LogP contribution is -2.58. The van der Waals surface area contributed by atoms with E-state index in [2.05, 4.69) is 26.6 Å². The van der Waals surface area contributed by atoms with Crippen molar-refractivity contribution in [2.75, 3.05) is 13.1 Å². The van der Waals surface area contributed by atoms with Crippen LogP contribution in [0.15, 0.2) is 0 Å². The van der Waals surface area contributed by atoms with E-state index in [1.54, 1.807) is 0 Å². The number of unbranched alkanes of at least 4 members (excludes halogenated alkanes) is 3. The summed E-state index contributed by atoms with van der Waals surface area (Å²) in [6, 6.07) is -4.77. The zero-order valence-electron chi connectivity index (χ0n) is 25.2. The largest absolute Gasteiger partial charge is 0.368 e. The molecule has 236 valence electrons. The smallest absolute Gasteiger partial charge is 0.243 e. The molecule has 0 heterocycles. The van der Waals surface area contributed by atoms with Crippen molar-refractivity contribution >= 4 is 35.4 Å². The van der Waals surface area contributed by atoms with Gasteiger partial charge in [-0.25, -0.2) is 0 Å². The fraction of sp³-hybridized carbons (Fsp3) is 0.778. The zero-order chi connectivity index (χ0) is 31.5. The van der Waals surface area contributed by atoms with E-state index < -0.39 is 59.7 Å². The van der Waals surface area contributed by atoms with Gasteiger partial charge >= 0.3 is 0 Å². The number of primary amides is 1. The van der Waals surface area contributed by atoms with Crippen molar-refractivity contribution in [2.24, 2.45) is 23.1 Å². The molecule has 0 aliphatic carbocycles. The van der Waals surface area contributed by atoms with Crippen molar-refractivity contribution < 1.29 is 28.8 Å². The Morgan fingerprint density at radius 1 is 0.561 bits per heavy atom. The summed E-state index contributed by atoms with van der Waals surface area (Å²) in [6.45, 7) is 9.14. The predicted octanol–water partition coefficient (Wildman–Crippen LogP) is -1.35. The Morgan fingerprint density at radius 2 is 1.05 bits per heavy atom. The lowest BCUT2D eigenvalue weighted by molar-refractivity contribution is -0.134. The quantitative estimate of drug-likeness (QED) is 0.0748. The van der Waals surface area contributed by atoms with Crippen molar-refractivity contribution in [3.8, 4) is 0 Å². The number of carbonyl (C=O) groups is 6. The van der Waals surface area contributed by atoms with Gasteiger partial charge in [0.2, 0.25) is 35.4 Å². The molecule has 0 saturated carbocycles. The molecule has 1 unspecified atom stereocenters. The molecule has 14 heteroatoms. The fourth-order valence-electron chi connectivity index (χ4n) is 3.81. The molecule has 0 aromatic rings. The Kier molecular flexibility index (Phi) is 19.0. The minimum absolute atomic E-state index is 0.0329. The molecule has 0 aromatic heterocycles. The maximum atomic E-state index is 13.1. The van der Waals surface area contributed by atoms with E-state index in [0.29, 0.717) is 38.8 Å². The van der Waals surface area contributed by atoms with Crippen LogP contribution in [0, 0.1) is 5.92 Å². The molecule has 0 saturated heterocycles. The maximum absolute atomic E-state index is 13.1. The lowest BCUT2D eigenvalue weighted by atomic mass is 10.0. The van der Waals surface area contributed by atoms with Crippen molar-refractivity contribution in [2.45, 2.75) is 116 Å². The van der Waals surface area contributed by atoms with E-state index in [-0.39, 0.29) is 24.7 Å². The molecule has 0 rings (SSSR count). The van der Waals surface area contributed by atoms with Crippen LogP contribution in [0.5, 0.6) is 0 Å². The highest BCUT2D eigenvalue weighted by atomic mass is 16.2. The summed E-state index contributed by atoms with van der Waals surface area (Å²) < 4.78 is 0. The molecule has 0 aliphatic heterocycles. The van der Waals surface area contributed by atoms with Crippen LogP contribution in [0.25, 0.3) is 0 Å². The van der Waals surface area contributed by atoms with Gasteiger partial charge in [-0.05, 0) is 78.3 Å². The molecule has 0 aliphatic rings. The average molecular weight is 585 g/mol. The number of hydrogen-bond acceptors (Lipinski definition) is 8. The van der Waals surface area contributed by atoms with Gasteiger partial charge in [-0.2, -0.15) is 0 Å². The molecular formula is C27H52N8O6. The monoisotopic (exact) mass is 584 g/mol. The topological polar surface area (TPSA) is 241 Å². The highest BCUT2D eigenvalue weighted by Gasteiger charge is 2.29. The van der Waals surface area contributed by atoms with E-state index in [9.17, 15) is 28.8 Å². The van der Waals surface area contributed by atoms with Gasteiger partial charge < -0.3 is 43.8 Å². The predicted molar refractivity (Wildman–Crippen MR) is 156 cm³/mol. The highest BCUT2D eigenvalue weighted by Crippen LogP contribution is 2.07. The van der Waals surface area contributed by atoms with E-state index in [1.807, 2.05) is 13.8 Å². The SMILES string of the molecule is CC(C)C[C@H](NC(=O)[C@H](C)NC(=O)CCCCCN)C(=O)N[C@@H](C)C(=O)NC(CCCCN)C(=O)N[C@@H](C)C(N)=O. The van der Waals surface area contributed by atoms with Gasteiger partial charge in [0.25, 0.3) is 0 Å². The van der Waals surface area contributed by atoms with Crippen LogP contribution in [-0.4, -0.2) is 78.7 Å². The van der Waals surface area contributed by atoms with Crippen LogP contribution in [0.3, 0.4) is 0 Å². The Labute approximate surface area is 243 Å². The van der Waals surface area contributed by atoms with E-state index in [1.165, 1.54) is 20.8 Å². The normalized spacial score (nSPS) is 14.6. The first-order valence-corrected chi connectivity index (χ1v) is 14.4. The minimum atomic E-state index is -1.04. The molecule has 0 aromatic carbocycles. The number of amides is 6. The molecule has 0 bridgehead atoms. The van der Waals surface area contributed by atoms with Crippen molar-refractivity contribution in [1.29, 1.82) is 0 Å². The van der Waals surface area contributed by atoms with Gasteiger partial charge in [-0.1, -0.05) is 20.3 Å². The molecule has 41 heavy (non-hydrogen) atoms. The summed E-state index contributed by atoms with van der Waals surface area (Å²) in [5.74, 6) is -3.27. The van der Waals surface area contributed by atoms with Gasteiger partial charge in [0.15, 0.2) is 0 Å². The lowest BCUT2D eigenvalue weighted by Gasteiger charge is -2.25. The van der Waals surface area contributed by atoms with Crippen molar-refractivity contribution in [3.63, 3.8) is 0 Å². The molecular weight excluding hydrogens is 532 g/mol. The first kappa shape index (κ1) is 37.7. The second kappa shape index (κ2) is 20.6. The van der Waals surface area contributed by atoms with Crippen molar-refractivity contribution in [3.05, 3.63) is 0 Å². The highest BCUT2D eigenvalue weighted by molar-refractivity contribution is 5.96. The first-order chi connectivity index (χ1) is 19.2. The number of nitrogens with two attached hydrogens (primary N) is 3. The molecule has 14 nitrogen and oxygen atoms in total. The van der Waals surface area contributed by atoms with Crippen LogP contribution in [0.1, 0.15) is 86.0 Å². The number of nitrogens with one attached hydrogen (secondary N) is 5. The molecule has 0 fully saturated rings. The Morgan fingerprint density at radius 3 is 1.59 bits per heavy atom. The Balaban J connectivity index is 5.23. The van der Waals surface area contributed by atoms with Crippen LogP contribution in [0.4, 0.5) is 0 Å². The second-order valence-electron chi connectivity index (χ2n) is 10.8. The summed E-state index contributed by atoms with van der Waals surface area (Å²) in [5.41, 5.74) is 16.2. The van der Waals surface area contributed by atoms with Crippen LogP contribution >= 0.6 is 0 Å². The third-order valence-corrected chi connectivity index (χ3v) is 6.34. The first-order valence-electron chi connectivity index (χ1n) is 14.4. The summed E-state index contributed by atoms with van der Waals surface area (Å²) in [7, 11) is 0. The average Bonchev–Trinajstić information content (AvgIpc) is 2.89. The third kappa shape index (κ3) is 16.6. The Hall–Kier alpha value is -3.26. The summed E-state index contributed by atoms with van der Waals surface area (Å²) >= 11 is 0. The number of hydrogen-bond donors (Lipinski definition) is 8. The molecule has 5 atom stereocenters. The molecule has 0 radical (unpaired) electrons. The molecule has 11 N–H and O–H groups in total. The summed E-state index contributed by atoms with van der Waals surface area (Å²) in [4.78, 5) is 74.9. The van der Waals surface area contributed by atoms with Crippen molar-refractivity contribution in [1.82, 2.24) is 26.6 Å². The maximum Gasteiger partial charge on any atom is 0.243 e. The van der Waals surface area contributed by atoms with Gasteiger partial charge in [-0.15, -0.1) is 0 Å². The number of carbonyl (C=O) groups excluding carboxylic acids is 6. The fourth-order valence-corrected chi connectivity index (χ4v) is 3.81. The van der Waals surface area contributed by atoms with Gasteiger partial charge in [0.1, 0.15) is 30.2 Å². The third-order valence-electron chi connectivity index (χ3n) is 6.34. The zero-order valence-corrected chi connectivity index (χ0v) is 25.2. The minimum Gasteiger partial charge on any atom is -0.368 e. The Bertz CT molecular complexity index is 869. The summed E-state index contributed by atoms with van der Waals surface area (Å²) in [6.07, 6.45) is 4.31. The van der Waals surface area contributed by atoms with E-state index in [0.717, 1.165) is 12.8 Å². The van der Waals surface area contributed by atoms with Gasteiger partial charge in [-0.3, -0.25) is 28.8 Å². The van der Waals surface area contributed by atoms with Crippen LogP contribution < -0.4 is 43.8 Å². The van der Waals surface area contributed by atoms with Crippen LogP contribution in [-0.2, 0) is 28.8 Å². The second-order valence-corrected chi connectivity index (χ2v) is 10.8. The number of rotatable bonds is 21. The van der Waals surface area contributed by atoms with Crippen LogP contribution in [0.2, 0.25) is 0 Å².